The topological polar surface area (TPSA) is 230 Å². The van der Waals surface area contributed by atoms with Crippen molar-refractivity contribution in [2.24, 2.45) is 47.3 Å². The first-order valence-corrected chi connectivity index (χ1v) is 17.7. The number of nitrogens with one attached hydrogen (secondary N) is 8. The fourth-order valence-electron chi connectivity index (χ4n) is 11.7. The van der Waals surface area contributed by atoms with Gasteiger partial charge in [0, 0.05) is 23.2 Å². The summed E-state index contributed by atoms with van der Waals surface area (Å²) in [7, 11) is 0. The Morgan fingerprint density at radius 2 is 0.556 bits per heavy atom. The predicted molar refractivity (Wildman–Crippen MR) is 178 cm³/mol. The Labute approximate surface area is 283 Å². The van der Waals surface area contributed by atoms with Crippen LogP contribution in [0, 0.1) is 53.8 Å². The minimum absolute atomic E-state index is 0. The Morgan fingerprint density at radius 3 is 0.867 bits per heavy atom. The first kappa shape index (κ1) is 37.9. The van der Waals surface area contributed by atoms with E-state index in [4.69, 9.17) is 0 Å². The molecule has 5 heterocycles. The maximum absolute atomic E-state index is 4.25. The van der Waals surface area contributed by atoms with Crippen molar-refractivity contribution in [3.05, 3.63) is 31.0 Å². The molecule has 5 saturated heterocycles. The summed E-state index contributed by atoms with van der Waals surface area (Å²) in [5.74, 6) is 5.74. The maximum atomic E-state index is 4.25. The molecule has 9 fully saturated rings. The smallest absolute Gasteiger partial charge is 0.0628 e. The van der Waals surface area contributed by atoms with Crippen molar-refractivity contribution >= 4 is 0 Å². The van der Waals surface area contributed by atoms with E-state index in [1.165, 1.54) is 96.3 Å². The number of nitrogens with two attached hydrogens (primary N) is 4. The van der Waals surface area contributed by atoms with Crippen molar-refractivity contribution < 1.29 is 17.1 Å². The third kappa shape index (κ3) is 6.67. The summed E-state index contributed by atoms with van der Waals surface area (Å²) in [6.45, 7) is 0. The van der Waals surface area contributed by atoms with Crippen LogP contribution in [0.25, 0.3) is 24.6 Å². The Bertz CT molecular complexity index is 725. The molecule has 0 aromatic carbocycles. The van der Waals surface area contributed by atoms with Crippen LogP contribution in [0.2, 0.25) is 0 Å². The van der Waals surface area contributed by atoms with Crippen molar-refractivity contribution in [1.82, 2.24) is 42.5 Å². The van der Waals surface area contributed by atoms with Crippen LogP contribution in [0.5, 0.6) is 0 Å². The third-order valence-corrected chi connectivity index (χ3v) is 13.6. The van der Waals surface area contributed by atoms with Gasteiger partial charge in [-0.15, -0.1) is 5.92 Å². The molecule has 263 valence electrons. The average Bonchev–Trinajstić information content (AvgIpc) is 3.73. The molecule has 9 rings (SSSR count). The minimum atomic E-state index is 0. The molecule has 0 aromatic heterocycles. The molecule has 4 aliphatic carbocycles. The third-order valence-electron chi connectivity index (χ3n) is 13.6. The SMILES string of the molecule is [CH-]1CCCC2C3NC(NC4NC(NC5NC(NC6NC(N3)C3CCCCC63)C3CCCCC53)C3CCCCC43)C12.[Mn].[NH2-].[NH2-].[NH2-].[NH2-]. The van der Waals surface area contributed by atoms with Gasteiger partial charge in [0.2, 0.25) is 0 Å². The Kier molecular flexibility index (Phi) is 13.2. The Morgan fingerprint density at radius 1 is 0.311 bits per heavy atom. The van der Waals surface area contributed by atoms with Crippen molar-refractivity contribution in [3.8, 4) is 0 Å². The first-order valence-electron chi connectivity index (χ1n) is 17.7. The number of hydrogen-bond donors (Lipinski definition) is 8. The van der Waals surface area contributed by atoms with E-state index in [-0.39, 0.29) is 41.7 Å². The molecule has 5 aliphatic heterocycles. The molecule has 4 saturated carbocycles. The Hall–Kier alpha value is 0.0395. The van der Waals surface area contributed by atoms with Gasteiger partial charge in [-0.3, -0.25) is 42.5 Å². The molecule has 45 heavy (non-hydrogen) atoms. The second-order valence-electron chi connectivity index (χ2n) is 15.4. The molecule has 8 bridgehead atoms. The van der Waals surface area contributed by atoms with E-state index >= 15 is 0 Å². The molecule has 16 N–H and O–H groups in total. The Balaban J connectivity index is 0.000000922. The van der Waals surface area contributed by atoms with Crippen molar-refractivity contribution in [2.45, 2.75) is 146 Å². The largest absolute Gasteiger partial charge is 0.693 e. The summed E-state index contributed by atoms with van der Waals surface area (Å²) in [4.78, 5) is 0. The van der Waals surface area contributed by atoms with E-state index < -0.39 is 0 Å². The molecule has 0 amide bonds. The standard InChI is InChI=1S/C32H55N8.Mn.4H2N/c1-2-10-18-17(9-1)25-33-26(18)38-28-21-13-5-6-14-22(21)30(35-28)40-32-24-16-8-7-15-23(24)31(36-32)39-29-20-12-4-3-11-19(20)27(34-29)37-25;;;;;/h9,17-40H,1-8,10-16H2;;4*1H2/q-1;;4*-1. The first-order chi connectivity index (χ1) is 19.8. The van der Waals surface area contributed by atoms with E-state index in [0.717, 1.165) is 35.5 Å². The van der Waals surface area contributed by atoms with Gasteiger partial charge in [0.15, 0.2) is 0 Å². The fourth-order valence-corrected chi connectivity index (χ4v) is 11.7. The quantitative estimate of drug-likeness (QED) is 0.124. The van der Waals surface area contributed by atoms with E-state index in [0.29, 0.717) is 61.2 Å². The van der Waals surface area contributed by atoms with Gasteiger partial charge in [0.25, 0.3) is 0 Å². The van der Waals surface area contributed by atoms with Gasteiger partial charge in [-0.2, -0.15) is 6.42 Å². The van der Waals surface area contributed by atoms with Gasteiger partial charge >= 0.3 is 0 Å². The van der Waals surface area contributed by atoms with Crippen LogP contribution in [-0.4, -0.2) is 49.3 Å². The number of fused-ring (bicyclic) bond motifs is 20. The van der Waals surface area contributed by atoms with E-state index in [1.807, 2.05) is 0 Å². The minimum Gasteiger partial charge on any atom is -0.693 e. The fraction of sp³-hybridized carbons (Fsp3) is 0.969. The van der Waals surface area contributed by atoms with Crippen molar-refractivity contribution in [2.75, 3.05) is 0 Å². The molecule has 12 nitrogen and oxygen atoms in total. The maximum Gasteiger partial charge on any atom is 0.0628 e. The normalized spacial score (nSPS) is 51.2. The summed E-state index contributed by atoms with van der Waals surface area (Å²) in [5.41, 5.74) is 0. The van der Waals surface area contributed by atoms with Crippen molar-refractivity contribution in [3.63, 3.8) is 0 Å². The van der Waals surface area contributed by atoms with Gasteiger partial charge in [-0.1, -0.05) is 51.4 Å². The zero-order chi connectivity index (χ0) is 26.2. The molecule has 16 unspecified atom stereocenters. The molecule has 13 heteroatoms. The summed E-state index contributed by atoms with van der Waals surface area (Å²) in [6, 6.07) is 0. The monoisotopic (exact) mass is 670 g/mol. The van der Waals surface area contributed by atoms with Crippen LogP contribution in [0.1, 0.15) is 96.3 Å². The van der Waals surface area contributed by atoms with Crippen LogP contribution in [0.4, 0.5) is 0 Å². The summed E-state index contributed by atoms with van der Waals surface area (Å²) in [5, 5.41) is 33.7. The average molecular weight is 671 g/mol. The van der Waals surface area contributed by atoms with Crippen LogP contribution < -0.4 is 42.5 Å². The van der Waals surface area contributed by atoms with E-state index in [9.17, 15) is 0 Å². The van der Waals surface area contributed by atoms with Gasteiger partial charge in [0.1, 0.15) is 0 Å². The van der Waals surface area contributed by atoms with Gasteiger partial charge in [-0.05, 0) is 80.0 Å². The molecule has 16 atom stereocenters. The molecule has 0 spiro atoms. The van der Waals surface area contributed by atoms with E-state index in [1.54, 1.807) is 0 Å². The van der Waals surface area contributed by atoms with Crippen LogP contribution in [0.15, 0.2) is 0 Å². The van der Waals surface area contributed by atoms with Crippen molar-refractivity contribution in [1.29, 1.82) is 0 Å². The zero-order valence-electron chi connectivity index (χ0n) is 27.1. The molecule has 1 radical (unpaired) electrons. The van der Waals surface area contributed by atoms with E-state index in [2.05, 4.69) is 49.0 Å². The van der Waals surface area contributed by atoms with Gasteiger partial charge in [-0.25, -0.2) is 0 Å². The summed E-state index contributed by atoms with van der Waals surface area (Å²) < 4.78 is 0. The van der Waals surface area contributed by atoms with Gasteiger partial charge in [0.05, 0.1) is 43.2 Å². The second kappa shape index (κ2) is 15.7. The summed E-state index contributed by atoms with van der Waals surface area (Å²) in [6.07, 6.45) is 26.4. The molecule has 0 aromatic rings. The molecular weight excluding hydrogens is 607 g/mol. The summed E-state index contributed by atoms with van der Waals surface area (Å²) >= 11 is 0. The zero-order valence-corrected chi connectivity index (χ0v) is 28.3. The van der Waals surface area contributed by atoms with Crippen LogP contribution in [0.3, 0.4) is 0 Å². The number of hydrogen-bond acceptors (Lipinski definition) is 8. The van der Waals surface area contributed by atoms with Gasteiger partial charge < -0.3 is 31.0 Å². The second-order valence-corrected chi connectivity index (χ2v) is 15.4. The predicted octanol–water partition coefficient (Wildman–Crippen LogP) is 5.29. The number of rotatable bonds is 0. The molecular formula is C32H63MnN12-5. The van der Waals surface area contributed by atoms with Crippen LogP contribution in [-0.2, 0) is 17.1 Å². The molecule has 9 aliphatic rings. The van der Waals surface area contributed by atoms with Crippen LogP contribution >= 0.6 is 0 Å².